The second-order valence-electron chi connectivity index (χ2n) is 7.82. The molecule has 0 spiro atoms. The number of allylic oxidation sites excluding steroid dienone is 4. The third-order valence-electron chi connectivity index (χ3n) is 5.38. The predicted octanol–water partition coefficient (Wildman–Crippen LogP) is 3.95. The van der Waals surface area contributed by atoms with Crippen LogP contribution in [0.5, 0.6) is 0 Å². The van der Waals surface area contributed by atoms with Crippen molar-refractivity contribution in [3.8, 4) is 0 Å². The Hall–Kier alpha value is -3.28. The molecular formula is C26H34N4O2. The normalized spacial score (nSPS) is 12.5. The lowest BCUT2D eigenvalue weighted by Gasteiger charge is -2.15. The number of nitrogens with zero attached hydrogens (tertiary/aromatic N) is 2. The van der Waals surface area contributed by atoms with Crippen molar-refractivity contribution in [3.63, 3.8) is 0 Å². The number of aromatic nitrogens is 2. The summed E-state index contributed by atoms with van der Waals surface area (Å²) in [6.45, 7) is 8.37. The Morgan fingerprint density at radius 1 is 0.688 bits per heavy atom. The molecule has 170 valence electrons. The molecule has 2 heterocycles. The van der Waals surface area contributed by atoms with Crippen LogP contribution in [0.25, 0.3) is 0 Å². The Bertz CT molecular complexity index is 871. The van der Waals surface area contributed by atoms with Gasteiger partial charge in [-0.3, -0.25) is 19.6 Å². The highest BCUT2D eigenvalue weighted by molar-refractivity contribution is 5.94. The summed E-state index contributed by atoms with van der Waals surface area (Å²) < 4.78 is 0. The number of hydrogen-bond acceptors (Lipinski definition) is 6. The maximum Gasteiger partial charge on any atom is 0.157 e. The van der Waals surface area contributed by atoms with Crippen LogP contribution >= 0.6 is 0 Å². The standard InChI is InChI=1S/C26H34N4O2/c1-19(25(21(3)31)13-11-23-9-5-7-15-29-23)27-17-18-28-20(2)26(22(4)32)14-12-24-10-6-8-16-30-24/h5-10,15-16,27-28H,11-14,17-18H2,1-4H3/b25-19-,26-20+. The number of aryl methyl sites for hydroxylation is 2. The van der Waals surface area contributed by atoms with Crippen LogP contribution in [0.3, 0.4) is 0 Å². The van der Waals surface area contributed by atoms with E-state index < -0.39 is 0 Å². The number of ketones is 2. The van der Waals surface area contributed by atoms with E-state index >= 15 is 0 Å². The zero-order valence-electron chi connectivity index (χ0n) is 19.6. The van der Waals surface area contributed by atoms with Gasteiger partial charge in [0.05, 0.1) is 0 Å². The fourth-order valence-corrected chi connectivity index (χ4v) is 3.57. The maximum absolute atomic E-state index is 12.1. The number of carbonyl (C=O) groups is 2. The van der Waals surface area contributed by atoms with Gasteiger partial charge in [0.25, 0.3) is 0 Å². The van der Waals surface area contributed by atoms with Crippen LogP contribution in [0, 0.1) is 0 Å². The first-order chi connectivity index (χ1) is 15.4. The molecule has 6 heteroatoms. The SMILES string of the molecule is CC(=O)/C(CCc1ccccn1)=C(/C)NCCN/C(C)=C(\CCc1ccccn1)C(C)=O. The lowest BCUT2D eigenvalue weighted by atomic mass is 10.0. The Morgan fingerprint density at radius 3 is 1.41 bits per heavy atom. The number of pyridine rings is 2. The summed E-state index contributed by atoms with van der Waals surface area (Å²) in [6.07, 6.45) is 6.30. The molecule has 0 aliphatic heterocycles. The quantitative estimate of drug-likeness (QED) is 0.367. The van der Waals surface area contributed by atoms with Crippen LogP contribution < -0.4 is 10.6 Å². The molecule has 2 rings (SSSR count). The molecule has 2 aromatic heterocycles. The summed E-state index contributed by atoms with van der Waals surface area (Å²) in [5.74, 6) is 0.145. The lowest BCUT2D eigenvalue weighted by Crippen LogP contribution is -2.27. The van der Waals surface area contributed by atoms with Crippen molar-refractivity contribution in [2.24, 2.45) is 0 Å². The molecule has 0 saturated carbocycles. The smallest absolute Gasteiger partial charge is 0.157 e. The highest BCUT2D eigenvalue weighted by Crippen LogP contribution is 2.13. The van der Waals surface area contributed by atoms with Gasteiger partial charge in [0.1, 0.15) is 0 Å². The maximum atomic E-state index is 12.1. The lowest BCUT2D eigenvalue weighted by molar-refractivity contribution is -0.114. The highest BCUT2D eigenvalue weighted by Gasteiger charge is 2.11. The zero-order valence-corrected chi connectivity index (χ0v) is 19.6. The molecule has 0 fully saturated rings. The van der Waals surface area contributed by atoms with Crippen molar-refractivity contribution in [2.75, 3.05) is 13.1 Å². The van der Waals surface area contributed by atoms with Gasteiger partial charge in [-0.15, -0.1) is 0 Å². The van der Waals surface area contributed by atoms with Crippen molar-refractivity contribution in [2.45, 2.75) is 53.4 Å². The van der Waals surface area contributed by atoms with E-state index in [1.54, 1.807) is 26.2 Å². The summed E-state index contributed by atoms with van der Waals surface area (Å²) in [5.41, 5.74) is 5.32. The Labute approximate surface area is 191 Å². The zero-order chi connectivity index (χ0) is 23.3. The van der Waals surface area contributed by atoms with Crippen LogP contribution in [0.1, 0.15) is 51.9 Å². The molecule has 0 unspecified atom stereocenters. The summed E-state index contributed by atoms with van der Waals surface area (Å²) in [4.78, 5) is 32.9. The van der Waals surface area contributed by atoms with E-state index in [4.69, 9.17) is 0 Å². The molecule has 2 N–H and O–H groups in total. The molecule has 0 radical (unpaired) electrons. The van der Waals surface area contributed by atoms with Crippen molar-refractivity contribution in [3.05, 3.63) is 82.7 Å². The van der Waals surface area contributed by atoms with Crippen LogP contribution in [0.15, 0.2) is 71.3 Å². The van der Waals surface area contributed by atoms with Gasteiger partial charge < -0.3 is 10.6 Å². The third kappa shape index (κ3) is 8.46. The summed E-state index contributed by atoms with van der Waals surface area (Å²) in [7, 11) is 0. The van der Waals surface area contributed by atoms with Gasteiger partial charge in [-0.05, 0) is 77.6 Å². The van der Waals surface area contributed by atoms with Crippen LogP contribution in [0.4, 0.5) is 0 Å². The van der Waals surface area contributed by atoms with Gasteiger partial charge in [-0.1, -0.05) is 12.1 Å². The molecule has 6 nitrogen and oxygen atoms in total. The first kappa shape index (κ1) is 25.0. The third-order valence-corrected chi connectivity index (χ3v) is 5.38. The molecule has 0 bridgehead atoms. The molecule has 2 aromatic rings. The Balaban J connectivity index is 1.88. The summed E-state index contributed by atoms with van der Waals surface area (Å²) in [5, 5.41) is 6.68. The van der Waals surface area contributed by atoms with E-state index in [-0.39, 0.29) is 11.6 Å². The number of carbonyl (C=O) groups excluding carboxylic acids is 2. The highest BCUT2D eigenvalue weighted by atomic mass is 16.1. The van der Waals surface area contributed by atoms with E-state index in [0.717, 1.165) is 46.8 Å². The number of rotatable bonds is 13. The van der Waals surface area contributed by atoms with Crippen molar-refractivity contribution in [1.29, 1.82) is 0 Å². The second kappa shape index (κ2) is 13.2. The topological polar surface area (TPSA) is 84.0 Å². The fourth-order valence-electron chi connectivity index (χ4n) is 3.57. The van der Waals surface area contributed by atoms with E-state index in [1.165, 1.54) is 0 Å². The Kier molecular flexibility index (Phi) is 10.3. The molecule has 0 amide bonds. The molecule has 32 heavy (non-hydrogen) atoms. The molecule has 0 atom stereocenters. The predicted molar refractivity (Wildman–Crippen MR) is 128 cm³/mol. The molecule has 0 aliphatic carbocycles. The number of Topliss-reactive ketones (excluding diaryl/α,β-unsaturated/α-hetero) is 2. The second-order valence-corrected chi connectivity index (χ2v) is 7.82. The molecule has 0 saturated heterocycles. The van der Waals surface area contributed by atoms with E-state index in [0.29, 0.717) is 25.9 Å². The van der Waals surface area contributed by atoms with E-state index in [9.17, 15) is 9.59 Å². The average Bonchev–Trinajstić information content (AvgIpc) is 2.78. The minimum Gasteiger partial charge on any atom is -0.386 e. The average molecular weight is 435 g/mol. The minimum absolute atomic E-state index is 0.0726. The van der Waals surface area contributed by atoms with Crippen LogP contribution in [0.2, 0.25) is 0 Å². The number of hydrogen-bond donors (Lipinski definition) is 2. The van der Waals surface area contributed by atoms with Crippen molar-refractivity contribution < 1.29 is 9.59 Å². The first-order valence-electron chi connectivity index (χ1n) is 11.1. The van der Waals surface area contributed by atoms with Crippen LogP contribution in [-0.2, 0) is 22.4 Å². The van der Waals surface area contributed by atoms with Crippen molar-refractivity contribution >= 4 is 11.6 Å². The summed E-state index contributed by atoms with van der Waals surface area (Å²) >= 11 is 0. The van der Waals surface area contributed by atoms with E-state index in [1.807, 2.05) is 50.2 Å². The summed E-state index contributed by atoms with van der Waals surface area (Å²) in [6, 6.07) is 11.6. The molecule has 0 aliphatic rings. The monoisotopic (exact) mass is 434 g/mol. The molecular weight excluding hydrogens is 400 g/mol. The van der Waals surface area contributed by atoms with Gasteiger partial charge in [0.15, 0.2) is 11.6 Å². The first-order valence-corrected chi connectivity index (χ1v) is 11.1. The van der Waals surface area contributed by atoms with Gasteiger partial charge >= 0.3 is 0 Å². The minimum atomic E-state index is 0.0726. The van der Waals surface area contributed by atoms with E-state index in [2.05, 4.69) is 20.6 Å². The fraction of sp³-hybridized carbons (Fsp3) is 0.385. The molecule has 0 aromatic carbocycles. The Morgan fingerprint density at radius 2 is 1.09 bits per heavy atom. The number of nitrogens with one attached hydrogen (secondary N) is 2. The largest absolute Gasteiger partial charge is 0.386 e. The van der Waals surface area contributed by atoms with Crippen LogP contribution in [-0.4, -0.2) is 34.6 Å². The van der Waals surface area contributed by atoms with Gasteiger partial charge in [-0.25, -0.2) is 0 Å². The van der Waals surface area contributed by atoms with Gasteiger partial charge in [0.2, 0.25) is 0 Å². The van der Waals surface area contributed by atoms with Crippen molar-refractivity contribution in [1.82, 2.24) is 20.6 Å². The van der Waals surface area contributed by atoms with Gasteiger partial charge in [0, 0.05) is 59.4 Å². The van der Waals surface area contributed by atoms with Gasteiger partial charge in [-0.2, -0.15) is 0 Å².